The van der Waals surface area contributed by atoms with E-state index in [-0.39, 0.29) is 11.8 Å². The molecule has 34 heavy (non-hydrogen) atoms. The lowest BCUT2D eigenvalue weighted by Crippen LogP contribution is -2.23. The summed E-state index contributed by atoms with van der Waals surface area (Å²) in [5.41, 5.74) is 3.57. The lowest BCUT2D eigenvalue weighted by atomic mass is 9.85. The number of ether oxygens (including phenoxy) is 1. The molecule has 1 aliphatic carbocycles. The van der Waals surface area contributed by atoms with Crippen molar-refractivity contribution in [3.8, 4) is 5.75 Å². The fourth-order valence-electron chi connectivity index (χ4n) is 4.17. The number of nitro benzene ring substituents is 1. The summed E-state index contributed by atoms with van der Waals surface area (Å²) in [5.74, 6) is 1.95. The van der Waals surface area contributed by atoms with Crippen LogP contribution in [0.1, 0.15) is 49.8 Å². The SMILES string of the molecule is C=CC.O=[N+]([O-])c1ccc(OC2CCC(c3cc(Nc4ccc5c(c4)CNS5)n[nH]3)CC2)cc1. The molecule has 5 rings (SSSR count). The van der Waals surface area contributed by atoms with Crippen LogP contribution in [0.5, 0.6) is 5.75 Å². The van der Waals surface area contributed by atoms with Crippen molar-refractivity contribution in [3.05, 3.63) is 82.6 Å². The van der Waals surface area contributed by atoms with E-state index in [1.165, 1.54) is 22.6 Å². The molecular formula is C25H29N5O3S. The molecule has 3 N–H and O–H groups in total. The second-order valence-corrected chi connectivity index (χ2v) is 9.26. The minimum Gasteiger partial charge on any atom is -0.490 e. The fourth-order valence-corrected chi connectivity index (χ4v) is 4.96. The van der Waals surface area contributed by atoms with Gasteiger partial charge in [-0.05, 0) is 80.5 Å². The molecule has 0 spiro atoms. The molecule has 2 heterocycles. The molecule has 2 aliphatic rings. The number of non-ortho nitro benzene ring substituents is 1. The highest BCUT2D eigenvalue weighted by atomic mass is 32.2. The lowest BCUT2D eigenvalue weighted by Gasteiger charge is -2.28. The van der Waals surface area contributed by atoms with Crippen LogP contribution in [0.15, 0.2) is 66.1 Å². The smallest absolute Gasteiger partial charge is 0.269 e. The van der Waals surface area contributed by atoms with Crippen molar-refractivity contribution in [1.29, 1.82) is 0 Å². The van der Waals surface area contributed by atoms with Gasteiger partial charge in [-0.15, -0.1) is 6.58 Å². The second kappa shape index (κ2) is 11.2. The minimum atomic E-state index is -0.400. The summed E-state index contributed by atoms with van der Waals surface area (Å²) in [4.78, 5) is 11.6. The summed E-state index contributed by atoms with van der Waals surface area (Å²) in [6, 6.07) is 14.8. The fraction of sp³-hybridized carbons (Fsp3) is 0.320. The Balaban J connectivity index is 0.000000868. The van der Waals surface area contributed by atoms with Crippen LogP contribution in [0, 0.1) is 10.1 Å². The van der Waals surface area contributed by atoms with Crippen molar-refractivity contribution >= 4 is 29.1 Å². The maximum absolute atomic E-state index is 10.8. The van der Waals surface area contributed by atoms with Crippen molar-refractivity contribution in [1.82, 2.24) is 14.9 Å². The Morgan fingerprint density at radius 1 is 1.18 bits per heavy atom. The van der Waals surface area contributed by atoms with Gasteiger partial charge >= 0.3 is 0 Å². The van der Waals surface area contributed by atoms with Crippen LogP contribution < -0.4 is 14.8 Å². The molecular weight excluding hydrogens is 450 g/mol. The summed E-state index contributed by atoms with van der Waals surface area (Å²) in [5, 5.41) is 21.8. The van der Waals surface area contributed by atoms with Gasteiger partial charge < -0.3 is 10.1 Å². The first kappa shape index (κ1) is 23.8. The van der Waals surface area contributed by atoms with E-state index < -0.39 is 4.92 Å². The number of rotatable bonds is 6. The highest BCUT2D eigenvalue weighted by Gasteiger charge is 2.25. The first-order valence-corrected chi connectivity index (χ1v) is 12.2. The van der Waals surface area contributed by atoms with E-state index in [2.05, 4.69) is 51.1 Å². The molecule has 1 fully saturated rings. The molecule has 178 valence electrons. The third kappa shape index (κ3) is 5.98. The van der Waals surface area contributed by atoms with Gasteiger partial charge in [0, 0.05) is 46.9 Å². The number of nitrogens with one attached hydrogen (secondary N) is 3. The Morgan fingerprint density at radius 3 is 2.62 bits per heavy atom. The standard InChI is InChI=1S/C22H23N5O3S.C3H6/c28-27(29)17-4-8-19(9-5-17)30-18-6-1-14(2-7-18)20-12-22(26-25-20)24-16-3-10-21-15(11-16)13-23-31-21;1-3-2/h3-5,8-12,14,18,23H,1-2,6-7,13H2,(H2,24,25,26);3H,1H2,2H3. The van der Waals surface area contributed by atoms with Crippen LogP contribution in [0.3, 0.4) is 0 Å². The van der Waals surface area contributed by atoms with Gasteiger partial charge in [-0.2, -0.15) is 5.10 Å². The van der Waals surface area contributed by atoms with Crippen LogP contribution in [0.4, 0.5) is 17.2 Å². The number of aromatic nitrogens is 2. The van der Waals surface area contributed by atoms with Crippen molar-refractivity contribution in [3.63, 3.8) is 0 Å². The number of hydrogen-bond acceptors (Lipinski definition) is 7. The molecule has 1 saturated carbocycles. The average Bonchev–Trinajstić information content (AvgIpc) is 3.50. The van der Waals surface area contributed by atoms with E-state index in [4.69, 9.17) is 4.74 Å². The zero-order chi connectivity index (χ0) is 23.9. The third-order valence-corrected chi connectivity index (χ3v) is 6.75. The molecule has 0 radical (unpaired) electrons. The molecule has 0 unspecified atom stereocenters. The van der Waals surface area contributed by atoms with Crippen LogP contribution in [0.25, 0.3) is 0 Å². The number of allylic oxidation sites excluding steroid dienone is 1. The molecule has 1 aliphatic heterocycles. The third-order valence-electron chi connectivity index (χ3n) is 5.84. The van der Waals surface area contributed by atoms with Crippen molar-refractivity contribution in [2.45, 2.75) is 56.1 Å². The van der Waals surface area contributed by atoms with Gasteiger partial charge in [0.1, 0.15) is 5.75 Å². The predicted molar refractivity (Wildman–Crippen MR) is 136 cm³/mol. The largest absolute Gasteiger partial charge is 0.490 e. The molecule has 0 saturated heterocycles. The first-order chi connectivity index (χ1) is 16.6. The van der Waals surface area contributed by atoms with Gasteiger partial charge in [0.05, 0.1) is 11.0 Å². The maximum Gasteiger partial charge on any atom is 0.269 e. The van der Waals surface area contributed by atoms with E-state index in [9.17, 15) is 10.1 Å². The molecule has 1 aromatic heterocycles. The highest BCUT2D eigenvalue weighted by molar-refractivity contribution is 7.97. The summed E-state index contributed by atoms with van der Waals surface area (Å²) in [6.45, 7) is 6.13. The van der Waals surface area contributed by atoms with E-state index in [0.717, 1.165) is 49.4 Å². The average molecular weight is 480 g/mol. The normalized spacial score (nSPS) is 18.9. The van der Waals surface area contributed by atoms with Gasteiger partial charge in [-0.25, -0.2) is 0 Å². The lowest BCUT2D eigenvalue weighted by molar-refractivity contribution is -0.384. The molecule has 0 amide bonds. The van der Waals surface area contributed by atoms with Gasteiger partial charge in [0.25, 0.3) is 5.69 Å². The summed E-state index contributed by atoms with van der Waals surface area (Å²) in [6.07, 6.45) is 5.80. The van der Waals surface area contributed by atoms with Crippen molar-refractivity contribution in [2.75, 3.05) is 5.32 Å². The predicted octanol–water partition coefficient (Wildman–Crippen LogP) is 6.47. The quantitative estimate of drug-likeness (QED) is 0.161. The zero-order valence-electron chi connectivity index (χ0n) is 19.1. The number of anilines is 2. The molecule has 2 aromatic carbocycles. The van der Waals surface area contributed by atoms with E-state index in [0.29, 0.717) is 11.7 Å². The maximum atomic E-state index is 10.8. The van der Waals surface area contributed by atoms with Gasteiger partial charge in [-0.1, -0.05) is 6.08 Å². The van der Waals surface area contributed by atoms with Crippen LogP contribution in [-0.4, -0.2) is 21.2 Å². The number of H-pyrrole nitrogens is 1. The number of hydrogen-bond donors (Lipinski definition) is 3. The van der Waals surface area contributed by atoms with E-state index >= 15 is 0 Å². The number of nitrogens with zero attached hydrogens (tertiary/aromatic N) is 2. The van der Waals surface area contributed by atoms with Crippen molar-refractivity contribution < 1.29 is 9.66 Å². The Kier molecular flexibility index (Phi) is 7.87. The summed E-state index contributed by atoms with van der Waals surface area (Å²) >= 11 is 1.67. The molecule has 9 heteroatoms. The Morgan fingerprint density at radius 2 is 1.91 bits per heavy atom. The van der Waals surface area contributed by atoms with Crippen LogP contribution >= 0.6 is 11.9 Å². The second-order valence-electron chi connectivity index (χ2n) is 8.33. The number of nitro groups is 1. The summed E-state index contributed by atoms with van der Waals surface area (Å²) < 4.78 is 9.31. The topological polar surface area (TPSA) is 105 Å². The van der Waals surface area contributed by atoms with Crippen LogP contribution in [-0.2, 0) is 6.54 Å². The van der Waals surface area contributed by atoms with E-state index in [1.807, 2.05) is 6.92 Å². The molecule has 3 aromatic rings. The van der Waals surface area contributed by atoms with Crippen LogP contribution in [0.2, 0.25) is 0 Å². The number of benzene rings is 2. The number of fused-ring (bicyclic) bond motifs is 1. The molecule has 0 bridgehead atoms. The number of aromatic amines is 1. The Labute approximate surface area is 203 Å². The van der Waals surface area contributed by atoms with E-state index in [1.54, 1.807) is 30.2 Å². The zero-order valence-corrected chi connectivity index (χ0v) is 19.9. The minimum absolute atomic E-state index is 0.0789. The Bertz CT molecular complexity index is 1120. The molecule has 0 atom stereocenters. The monoisotopic (exact) mass is 479 g/mol. The van der Waals surface area contributed by atoms with Crippen molar-refractivity contribution in [2.24, 2.45) is 0 Å². The molecule has 8 nitrogen and oxygen atoms in total. The van der Waals surface area contributed by atoms with Gasteiger partial charge in [-0.3, -0.25) is 19.9 Å². The Hall–Kier alpha value is -3.30. The van der Waals surface area contributed by atoms with Gasteiger partial charge in [0.2, 0.25) is 0 Å². The summed E-state index contributed by atoms with van der Waals surface area (Å²) in [7, 11) is 0. The van der Waals surface area contributed by atoms with Gasteiger partial charge in [0.15, 0.2) is 5.82 Å². The highest BCUT2D eigenvalue weighted by Crippen LogP contribution is 2.35. The first-order valence-electron chi connectivity index (χ1n) is 11.4.